The fourth-order valence-corrected chi connectivity index (χ4v) is 3.29. The van der Waals surface area contributed by atoms with Gasteiger partial charge in [0.1, 0.15) is 18.1 Å². The van der Waals surface area contributed by atoms with Crippen LogP contribution in [0.1, 0.15) is 16.3 Å². The number of carbonyl (C=O) groups excluding carboxylic acids is 1. The van der Waals surface area contributed by atoms with E-state index in [1.165, 1.54) is 0 Å². The first-order valence-corrected chi connectivity index (χ1v) is 9.74. The van der Waals surface area contributed by atoms with E-state index in [-0.39, 0.29) is 18.3 Å². The minimum atomic E-state index is -0.357. The van der Waals surface area contributed by atoms with Crippen molar-refractivity contribution in [2.24, 2.45) is 0 Å². The number of hydrogen-bond acceptors (Lipinski definition) is 5. The van der Waals surface area contributed by atoms with Crippen LogP contribution in [0.5, 0.6) is 5.75 Å². The molecule has 31 heavy (non-hydrogen) atoms. The molecule has 5 rings (SSSR count). The van der Waals surface area contributed by atoms with Crippen LogP contribution in [0, 0.1) is 0 Å². The number of fused-ring (bicyclic) bond motifs is 1. The van der Waals surface area contributed by atoms with E-state index in [1.54, 1.807) is 35.3 Å². The Morgan fingerprint density at radius 2 is 1.81 bits per heavy atom. The molecule has 0 radical (unpaired) electrons. The summed E-state index contributed by atoms with van der Waals surface area (Å²) in [5, 5.41) is 12.9. The van der Waals surface area contributed by atoms with Crippen molar-refractivity contribution in [2.45, 2.75) is 6.61 Å². The van der Waals surface area contributed by atoms with Gasteiger partial charge in [-0.05, 0) is 47.2 Å². The van der Waals surface area contributed by atoms with Crippen molar-refractivity contribution in [2.75, 3.05) is 5.32 Å². The topological polar surface area (TPSA) is 82.2 Å². The average molecular weight is 410 g/mol. The second-order valence-electron chi connectivity index (χ2n) is 6.88. The maximum atomic E-state index is 12.7. The highest BCUT2D eigenvalue weighted by molar-refractivity contribution is 6.03. The van der Waals surface area contributed by atoms with E-state index in [1.807, 2.05) is 54.6 Å². The summed E-state index contributed by atoms with van der Waals surface area (Å²) in [5.41, 5.74) is 1.31. The van der Waals surface area contributed by atoms with Gasteiger partial charge in [-0.3, -0.25) is 4.79 Å². The molecule has 0 fully saturated rings. The molecule has 1 N–H and O–H groups in total. The third kappa shape index (κ3) is 4.02. The molecule has 0 aliphatic heterocycles. The predicted octanol–water partition coefficient (Wildman–Crippen LogP) is 4.84. The Hall–Kier alpha value is -4.39. The lowest BCUT2D eigenvalue weighted by molar-refractivity contribution is 0.0992. The molecule has 0 atom stereocenters. The van der Waals surface area contributed by atoms with E-state index >= 15 is 0 Å². The Morgan fingerprint density at radius 1 is 0.968 bits per heavy atom. The van der Waals surface area contributed by atoms with Gasteiger partial charge in [-0.15, -0.1) is 5.10 Å². The maximum absolute atomic E-state index is 12.7. The molecule has 152 valence electrons. The second kappa shape index (κ2) is 8.16. The molecular weight excluding hydrogens is 392 g/mol. The highest BCUT2D eigenvalue weighted by Crippen LogP contribution is 2.23. The van der Waals surface area contributed by atoms with Crippen molar-refractivity contribution in [1.82, 2.24) is 15.0 Å². The van der Waals surface area contributed by atoms with E-state index in [0.717, 1.165) is 16.5 Å². The summed E-state index contributed by atoms with van der Waals surface area (Å²) < 4.78 is 13.1. The van der Waals surface area contributed by atoms with Gasteiger partial charge >= 0.3 is 0 Å². The molecule has 0 aliphatic carbocycles. The molecule has 0 saturated carbocycles. The van der Waals surface area contributed by atoms with Gasteiger partial charge < -0.3 is 14.5 Å². The Bertz CT molecular complexity index is 1340. The number of anilines is 1. The number of aromatic nitrogens is 3. The van der Waals surface area contributed by atoms with Crippen molar-refractivity contribution < 1.29 is 13.9 Å². The number of rotatable bonds is 6. The molecular formula is C24H18N4O3. The number of nitrogens with zero attached hydrogens (tertiary/aromatic N) is 3. The fourth-order valence-electron chi connectivity index (χ4n) is 3.29. The van der Waals surface area contributed by atoms with Gasteiger partial charge in [-0.25, -0.2) is 4.68 Å². The van der Waals surface area contributed by atoms with Crippen LogP contribution in [0.15, 0.2) is 95.7 Å². The lowest BCUT2D eigenvalue weighted by Crippen LogP contribution is -2.13. The Morgan fingerprint density at radius 3 is 2.68 bits per heavy atom. The lowest BCUT2D eigenvalue weighted by Gasteiger charge is -2.09. The Kier molecular flexibility index (Phi) is 4.90. The quantitative estimate of drug-likeness (QED) is 0.433. The average Bonchev–Trinajstić information content (AvgIpc) is 3.50. The number of benzene rings is 3. The van der Waals surface area contributed by atoms with Crippen molar-refractivity contribution >= 4 is 22.4 Å². The van der Waals surface area contributed by atoms with Crippen molar-refractivity contribution in [3.63, 3.8) is 0 Å². The minimum Gasteiger partial charge on any atom is -0.486 e. The molecule has 2 heterocycles. The van der Waals surface area contributed by atoms with Crippen LogP contribution in [0.25, 0.3) is 16.5 Å². The van der Waals surface area contributed by atoms with Crippen LogP contribution in [0.2, 0.25) is 0 Å². The smallest absolute Gasteiger partial charge is 0.291 e. The second-order valence-corrected chi connectivity index (χ2v) is 6.88. The number of para-hydroxylation sites is 2. The molecule has 0 aliphatic rings. The van der Waals surface area contributed by atoms with E-state index < -0.39 is 0 Å². The van der Waals surface area contributed by atoms with Crippen LogP contribution in [-0.4, -0.2) is 20.9 Å². The first kappa shape index (κ1) is 18.6. The number of ether oxygens (including phenoxy) is 1. The van der Waals surface area contributed by atoms with Crippen LogP contribution in [0.4, 0.5) is 5.69 Å². The zero-order valence-electron chi connectivity index (χ0n) is 16.4. The summed E-state index contributed by atoms with van der Waals surface area (Å²) in [6, 6.07) is 24.7. The maximum Gasteiger partial charge on any atom is 0.291 e. The predicted molar refractivity (Wildman–Crippen MR) is 116 cm³/mol. The van der Waals surface area contributed by atoms with Gasteiger partial charge in [-0.1, -0.05) is 47.7 Å². The Labute approximate surface area is 177 Å². The highest BCUT2D eigenvalue weighted by atomic mass is 16.5. The normalized spacial score (nSPS) is 10.8. The van der Waals surface area contributed by atoms with Crippen molar-refractivity contribution in [1.29, 1.82) is 0 Å². The third-order valence-electron chi connectivity index (χ3n) is 4.81. The zero-order chi connectivity index (χ0) is 21.0. The summed E-state index contributed by atoms with van der Waals surface area (Å²) in [4.78, 5) is 12.7. The monoisotopic (exact) mass is 410 g/mol. The summed E-state index contributed by atoms with van der Waals surface area (Å²) in [6.07, 6.45) is 3.28. The zero-order valence-corrected chi connectivity index (χ0v) is 16.4. The Balaban J connectivity index is 1.27. The van der Waals surface area contributed by atoms with E-state index in [4.69, 9.17) is 9.15 Å². The fraction of sp³-hybridized carbons (Fsp3) is 0.0417. The van der Waals surface area contributed by atoms with Gasteiger partial charge in [-0.2, -0.15) is 0 Å². The number of nitrogens with one attached hydrogen (secondary N) is 1. The number of hydrogen-bond donors (Lipinski definition) is 1. The van der Waals surface area contributed by atoms with Crippen LogP contribution >= 0.6 is 0 Å². The molecule has 1 amide bonds. The molecule has 3 aromatic carbocycles. The number of amides is 1. The van der Waals surface area contributed by atoms with Gasteiger partial charge in [0.25, 0.3) is 5.91 Å². The van der Waals surface area contributed by atoms with Crippen LogP contribution < -0.4 is 10.1 Å². The lowest BCUT2D eigenvalue weighted by atomic mass is 10.1. The first-order chi connectivity index (χ1) is 15.3. The molecule has 0 saturated heterocycles. The van der Waals surface area contributed by atoms with Crippen LogP contribution in [0.3, 0.4) is 0 Å². The van der Waals surface area contributed by atoms with Gasteiger partial charge in [0, 0.05) is 0 Å². The summed E-state index contributed by atoms with van der Waals surface area (Å²) >= 11 is 0. The number of furan rings is 1. The molecule has 5 aromatic rings. The molecule has 7 nitrogen and oxygen atoms in total. The van der Waals surface area contributed by atoms with Crippen molar-refractivity contribution in [3.8, 4) is 11.4 Å². The standard InChI is InChI=1S/C24H18N4O3/c29-24(26-21-7-3-4-8-22(21)28-14-13-25-27-28)23-12-11-20(31-23)16-30-19-10-9-17-5-1-2-6-18(17)15-19/h1-15H,16H2,(H,26,29). The SMILES string of the molecule is O=C(Nc1ccccc1-n1ccnn1)c1ccc(COc2ccc3ccccc3c2)o1. The van der Waals surface area contributed by atoms with Gasteiger partial charge in [0.15, 0.2) is 5.76 Å². The number of carbonyl (C=O) groups is 1. The largest absolute Gasteiger partial charge is 0.486 e. The summed E-state index contributed by atoms with van der Waals surface area (Å²) in [6.45, 7) is 0.223. The molecule has 0 bridgehead atoms. The van der Waals surface area contributed by atoms with Crippen LogP contribution in [-0.2, 0) is 6.61 Å². The summed E-state index contributed by atoms with van der Waals surface area (Å²) in [5.74, 6) is 1.14. The van der Waals surface area contributed by atoms with E-state index in [0.29, 0.717) is 17.1 Å². The minimum absolute atomic E-state index is 0.200. The van der Waals surface area contributed by atoms with E-state index in [2.05, 4.69) is 21.7 Å². The summed E-state index contributed by atoms with van der Waals surface area (Å²) in [7, 11) is 0. The van der Waals surface area contributed by atoms with Gasteiger partial charge in [0.2, 0.25) is 0 Å². The first-order valence-electron chi connectivity index (χ1n) is 9.74. The van der Waals surface area contributed by atoms with Gasteiger partial charge in [0.05, 0.1) is 23.8 Å². The van der Waals surface area contributed by atoms with Crippen molar-refractivity contribution in [3.05, 3.63) is 103 Å². The molecule has 0 spiro atoms. The molecule has 0 unspecified atom stereocenters. The molecule has 7 heteroatoms. The van der Waals surface area contributed by atoms with E-state index in [9.17, 15) is 4.79 Å². The molecule has 2 aromatic heterocycles. The third-order valence-corrected chi connectivity index (χ3v) is 4.81. The highest BCUT2D eigenvalue weighted by Gasteiger charge is 2.14.